The maximum Gasteiger partial charge on any atom is 0.197 e. The number of aromatic nitrogens is 1. The third-order valence-electron chi connectivity index (χ3n) is 16.8. The van der Waals surface area contributed by atoms with Crippen molar-refractivity contribution in [3.8, 4) is 38.4 Å². The number of hydrogen-bond donors (Lipinski definition) is 1. The Labute approximate surface area is 435 Å². The zero-order valence-corrected chi connectivity index (χ0v) is 43.6. The molecule has 74 heavy (non-hydrogen) atoms. The summed E-state index contributed by atoms with van der Waals surface area (Å²) in [5, 5.41) is 12.1. The fraction of sp³-hybridized carbons (Fsp3) is 0.176. The van der Waals surface area contributed by atoms with Gasteiger partial charge in [-0.15, -0.1) is 11.3 Å². The zero-order valence-electron chi connectivity index (χ0n) is 42.8. The highest BCUT2D eigenvalue weighted by molar-refractivity contribution is 7.23. The third kappa shape index (κ3) is 6.46. The van der Waals surface area contributed by atoms with E-state index in [0.29, 0.717) is 0 Å². The van der Waals surface area contributed by atoms with E-state index < -0.39 is 0 Å². The predicted molar refractivity (Wildman–Crippen MR) is 316 cm³/mol. The van der Waals surface area contributed by atoms with Gasteiger partial charge in [0.25, 0.3) is 0 Å². The van der Waals surface area contributed by atoms with Crippen molar-refractivity contribution in [1.82, 2.24) is 4.57 Å². The minimum absolute atomic E-state index is 0.0401. The number of hydrogen-bond acceptors (Lipinski definition) is 4. The number of anilines is 2. The number of nitrogens with zero attached hydrogens (tertiary/aromatic N) is 1. The lowest BCUT2D eigenvalue weighted by atomic mass is 9.59. The quantitative estimate of drug-likeness (QED) is 0.175. The summed E-state index contributed by atoms with van der Waals surface area (Å²) >= 11 is 1.89. The minimum Gasteiger partial charge on any atom is -0.456 e. The maximum absolute atomic E-state index is 6.97. The van der Waals surface area contributed by atoms with E-state index in [1.165, 1.54) is 86.6 Å². The molecule has 0 spiro atoms. The molecule has 1 aliphatic carbocycles. The van der Waals surface area contributed by atoms with Crippen LogP contribution in [0.4, 0.5) is 11.4 Å². The van der Waals surface area contributed by atoms with E-state index in [-0.39, 0.29) is 16.2 Å². The summed E-state index contributed by atoms with van der Waals surface area (Å²) in [6, 6.07) is 63.0. The molecule has 0 amide bonds. The molecule has 15 rings (SSSR count). The number of furan rings is 2. The van der Waals surface area contributed by atoms with Crippen LogP contribution in [-0.2, 0) is 16.2 Å². The van der Waals surface area contributed by atoms with Crippen molar-refractivity contribution in [2.75, 3.05) is 5.32 Å². The summed E-state index contributed by atoms with van der Waals surface area (Å²) in [5.74, 6) is 0. The first-order chi connectivity index (χ1) is 35.8. The largest absolute Gasteiger partial charge is 0.456 e. The second kappa shape index (κ2) is 15.4. The second-order valence-electron chi connectivity index (χ2n) is 23.4. The van der Waals surface area contributed by atoms with Gasteiger partial charge in [0.1, 0.15) is 22.3 Å². The number of thiophene rings is 1. The Bertz CT molecular complexity index is 4500. The first kappa shape index (κ1) is 43.8. The van der Waals surface area contributed by atoms with Crippen molar-refractivity contribution in [1.29, 1.82) is 0 Å². The van der Waals surface area contributed by atoms with E-state index in [1.54, 1.807) is 0 Å². The van der Waals surface area contributed by atoms with Crippen molar-refractivity contribution >= 4 is 117 Å². The highest BCUT2D eigenvalue weighted by atomic mass is 32.1. The Morgan fingerprint density at radius 1 is 0.541 bits per heavy atom. The van der Waals surface area contributed by atoms with Crippen LogP contribution < -0.4 is 16.2 Å². The van der Waals surface area contributed by atoms with E-state index in [9.17, 15) is 0 Å². The number of fused-ring (bicyclic) bond motifs is 13. The molecule has 357 valence electrons. The molecule has 1 aliphatic heterocycles. The van der Waals surface area contributed by atoms with Crippen LogP contribution in [0.1, 0.15) is 78.0 Å². The van der Waals surface area contributed by atoms with Crippen LogP contribution >= 0.6 is 11.3 Å². The summed E-state index contributed by atoms with van der Waals surface area (Å²) in [6.45, 7) is 16.4. The van der Waals surface area contributed by atoms with Crippen molar-refractivity contribution in [2.45, 2.75) is 77.6 Å². The molecular formula is C68H54BN2O2S. The van der Waals surface area contributed by atoms with Crippen molar-refractivity contribution in [2.24, 2.45) is 0 Å². The molecule has 6 heteroatoms. The molecular weight excluding hydrogens is 920 g/mol. The van der Waals surface area contributed by atoms with E-state index in [2.05, 4.69) is 235 Å². The van der Waals surface area contributed by atoms with Gasteiger partial charge in [-0.3, -0.25) is 0 Å². The summed E-state index contributed by atoms with van der Waals surface area (Å²) in [7, 11) is 2.47. The SMILES string of the molecule is CC(C)(C)c1ccc(Nc2cc3oc4cc5c(cc4c3cc2-c2ccc3c4cc6oc7ccccc7c6cc4n4c3c2[B]c2cc3sc(-c6ccccc6)c(-c6ccccc6)c3cc2-4)C(C)(C)CCC5(C)C)cc1. The summed E-state index contributed by atoms with van der Waals surface area (Å²) < 4.78 is 17.4. The molecule has 0 bridgehead atoms. The molecule has 1 radical (unpaired) electrons. The lowest BCUT2D eigenvalue weighted by molar-refractivity contribution is 0.332. The third-order valence-corrected chi connectivity index (χ3v) is 18.0. The molecule has 0 saturated carbocycles. The lowest BCUT2D eigenvalue weighted by Gasteiger charge is -2.41. The molecule has 5 heterocycles. The number of para-hydroxylation sites is 1. The van der Waals surface area contributed by atoms with Crippen LogP contribution in [-0.4, -0.2) is 11.8 Å². The van der Waals surface area contributed by atoms with E-state index >= 15 is 0 Å². The molecule has 2 aliphatic rings. The maximum atomic E-state index is 6.97. The minimum atomic E-state index is 0.0401. The van der Waals surface area contributed by atoms with Crippen LogP contribution in [0, 0.1) is 0 Å². The molecule has 1 N–H and O–H groups in total. The summed E-state index contributed by atoms with van der Waals surface area (Å²) in [5.41, 5.74) is 21.9. The zero-order chi connectivity index (χ0) is 50.0. The van der Waals surface area contributed by atoms with Gasteiger partial charge in [-0.1, -0.05) is 157 Å². The summed E-state index contributed by atoms with van der Waals surface area (Å²) in [6.07, 6.45) is 2.30. The van der Waals surface area contributed by atoms with Crippen LogP contribution in [0.2, 0.25) is 0 Å². The van der Waals surface area contributed by atoms with Crippen molar-refractivity contribution in [3.63, 3.8) is 0 Å². The van der Waals surface area contributed by atoms with Crippen LogP contribution in [0.3, 0.4) is 0 Å². The van der Waals surface area contributed by atoms with Gasteiger partial charge in [-0.05, 0) is 129 Å². The van der Waals surface area contributed by atoms with Crippen LogP contribution in [0.25, 0.3) is 114 Å². The number of benzene rings is 9. The fourth-order valence-corrected chi connectivity index (χ4v) is 14.0. The number of nitrogens with one attached hydrogen (secondary N) is 1. The van der Waals surface area contributed by atoms with Gasteiger partial charge in [-0.2, -0.15) is 0 Å². The van der Waals surface area contributed by atoms with Gasteiger partial charge in [0.05, 0.1) is 11.2 Å². The normalized spacial score (nSPS) is 14.9. The van der Waals surface area contributed by atoms with Crippen molar-refractivity contribution in [3.05, 3.63) is 187 Å². The van der Waals surface area contributed by atoms with E-state index in [1.807, 2.05) is 11.3 Å². The first-order valence-corrected chi connectivity index (χ1v) is 27.0. The van der Waals surface area contributed by atoms with Gasteiger partial charge >= 0.3 is 0 Å². The molecule has 4 aromatic heterocycles. The molecule has 0 unspecified atom stereocenters. The van der Waals surface area contributed by atoms with Gasteiger partial charge in [0, 0.05) is 81.4 Å². The highest BCUT2D eigenvalue weighted by Crippen LogP contribution is 2.51. The smallest absolute Gasteiger partial charge is 0.197 e. The Morgan fingerprint density at radius 3 is 1.95 bits per heavy atom. The molecule has 0 fully saturated rings. The van der Waals surface area contributed by atoms with Crippen molar-refractivity contribution < 1.29 is 8.83 Å². The van der Waals surface area contributed by atoms with Gasteiger partial charge in [-0.25, -0.2) is 0 Å². The first-order valence-electron chi connectivity index (χ1n) is 26.2. The lowest BCUT2D eigenvalue weighted by Crippen LogP contribution is -2.37. The average Bonchev–Trinajstić information content (AvgIpc) is 4.25. The topological polar surface area (TPSA) is 43.2 Å². The van der Waals surface area contributed by atoms with Gasteiger partial charge in [0.15, 0.2) is 7.28 Å². The van der Waals surface area contributed by atoms with E-state index in [4.69, 9.17) is 8.83 Å². The average molecular weight is 974 g/mol. The van der Waals surface area contributed by atoms with Gasteiger partial charge < -0.3 is 18.7 Å². The van der Waals surface area contributed by atoms with Gasteiger partial charge in [0.2, 0.25) is 0 Å². The van der Waals surface area contributed by atoms with E-state index in [0.717, 1.165) is 79.4 Å². The molecule has 0 atom stereocenters. The monoisotopic (exact) mass is 973 g/mol. The molecule has 13 aromatic rings. The molecule has 4 nitrogen and oxygen atoms in total. The Hall–Kier alpha value is -7.80. The Balaban J connectivity index is 1.02. The Kier molecular flexibility index (Phi) is 9.09. The standard InChI is InChI=1S/C68H54BN2O2S/c1-66(2,3)40-22-24-41(25-23-40)70-54-37-60-47(48-31-51-52(35-59(48)73-60)68(6,7)29-28-67(51,4)5)30-45(54)43-26-27-44-46-34-58-49(42-20-14-15-21-57(42)72-58)32-55(46)71-56-33-50-61(36-53(56)69-63(43)64(44)71)74-65(39-18-12-9-13-19-39)62(50)38-16-10-8-11-17-38/h8-27,30-37,70H,28-29H2,1-7H3. The highest BCUT2D eigenvalue weighted by Gasteiger charge is 2.38. The molecule has 0 saturated heterocycles. The molecule has 9 aromatic carbocycles. The fourth-order valence-electron chi connectivity index (χ4n) is 12.7. The number of rotatable bonds is 5. The summed E-state index contributed by atoms with van der Waals surface area (Å²) in [4.78, 5) is 1.28. The Morgan fingerprint density at radius 2 is 1.19 bits per heavy atom. The predicted octanol–water partition coefficient (Wildman–Crippen LogP) is 18.2. The van der Waals surface area contributed by atoms with Crippen LogP contribution in [0.5, 0.6) is 0 Å². The second-order valence-corrected chi connectivity index (χ2v) is 24.5. The van der Waals surface area contributed by atoms with Crippen LogP contribution in [0.15, 0.2) is 179 Å².